The molecule has 0 bridgehead atoms. The Morgan fingerprint density at radius 1 is 1.11 bits per heavy atom. The molecule has 0 unspecified atom stereocenters. The van der Waals surface area contributed by atoms with Gasteiger partial charge in [0.2, 0.25) is 10.0 Å². The summed E-state index contributed by atoms with van der Waals surface area (Å²) < 4.78 is 35.0. The zero-order valence-corrected chi connectivity index (χ0v) is 15.8. The molecule has 7 nitrogen and oxygen atoms in total. The molecule has 0 aromatic heterocycles. The number of benzene rings is 2. The zero-order chi connectivity index (χ0) is 19.6. The topological polar surface area (TPSA) is 90.0 Å². The molecule has 0 spiro atoms. The molecule has 142 valence electrons. The maximum absolute atomic E-state index is 12.3. The first-order chi connectivity index (χ1) is 12.8. The molecule has 0 radical (unpaired) electrons. The zero-order valence-electron chi connectivity index (χ0n) is 15.0. The molecular weight excluding hydrogens is 370 g/mol. The van der Waals surface area contributed by atoms with E-state index in [4.69, 9.17) is 9.47 Å². The van der Waals surface area contributed by atoms with Crippen LogP contribution in [0.4, 0.5) is 5.69 Å². The normalized spacial score (nSPS) is 13.2. The second-order valence-corrected chi connectivity index (χ2v) is 8.07. The van der Waals surface area contributed by atoms with Crippen LogP contribution < -0.4 is 9.04 Å². The third-order valence-electron chi connectivity index (χ3n) is 4.29. The molecule has 0 fully saturated rings. The van der Waals surface area contributed by atoms with E-state index in [9.17, 15) is 18.0 Å². The predicted molar refractivity (Wildman–Crippen MR) is 99.9 cm³/mol. The number of anilines is 1. The van der Waals surface area contributed by atoms with Crippen molar-refractivity contribution in [3.63, 3.8) is 0 Å². The largest absolute Gasteiger partial charge is 0.497 e. The maximum atomic E-state index is 12.3. The molecule has 0 saturated carbocycles. The number of hydrogen-bond acceptors (Lipinski definition) is 6. The van der Waals surface area contributed by atoms with E-state index < -0.39 is 22.6 Å². The van der Waals surface area contributed by atoms with Gasteiger partial charge in [-0.15, -0.1) is 0 Å². The van der Waals surface area contributed by atoms with Gasteiger partial charge in [0, 0.05) is 12.1 Å². The monoisotopic (exact) mass is 389 g/mol. The van der Waals surface area contributed by atoms with Crippen molar-refractivity contribution in [2.24, 2.45) is 0 Å². The van der Waals surface area contributed by atoms with Crippen molar-refractivity contribution < 1.29 is 27.5 Å². The molecule has 0 amide bonds. The highest BCUT2D eigenvalue weighted by Gasteiger charge is 2.26. The van der Waals surface area contributed by atoms with Crippen molar-refractivity contribution in [2.75, 3.05) is 30.8 Å². The molecule has 1 heterocycles. The number of sulfonamides is 1. The molecule has 8 heteroatoms. The molecule has 0 aliphatic carbocycles. The fraction of sp³-hybridized carbons (Fsp3) is 0.263. The Morgan fingerprint density at radius 2 is 1.89 bits per heavy atom. The van der Waals surface area contributed by atoms with Crippen LogP contribution in [0.1, 0.15) is 26.3 Å². The Balaban J connectivity index is 1.68. The lowest BCUT2D eigenvalue weighted by Crippen LogP contribution is -2.27. The van der Waals surface area contributed by atoms with Gasteiger partial charge in [-0.2, -0.15) is 0 Å². The second-order valence-electron chi connectivity index (χ2n) is 6.16. The smallest absolute Gasteiger partial charge is 0.338 e. The summed E-state index contributed by atoms with van der Waals surface area (Å²) in [6.07, 6.45) is 1.69. The molecule has 2 aromatic carbocycles. The first kappa shape index (κ1) is 18.9. The first-order valence-corrected chi connectivity index (χ1v) is 10.1. The third-order valence-corrected chi connectivity index (χ3v) is 5.47. The van der Waals surface area contributed by atoms with Crippen LogP contribution in [0.3, 0.4) is 0 Å². The van der Waals surface area contributed by atoms with Crippen molar-refractivity contribution in [3.05, 3.63) is 59.2 Å². The van der Waals surface area contributed by atoms with E-state index in [2.05, 4.69) is 0 Å². The van der Waals surface area contributed by atoms with Crippen LogP contribution in [-0.2, 0) is 21.2 Å². The van der Waals surface area contributed by atoms with Crippen LogP contribution in [0.15, 0.2) is 42.5 Å². The molecule has 0 atom stereocenters. The maximum Gasteiger partial charge on any atom is 0.338 e. The van der Waals surface area contributed by atoms with Gasteiger partial charge in [0.1, 0.15) is 5.75 Å². The highest BCUT2D eigenvalue weighted by molar-refractivity contribution is 7.92. The molecular formula is C19H19NO6S. The summed E-state index contributed by atoms with van der Waals surface area (Å²) in [5.41, 5.74) is 2.04. The van der Waals surface area contributed by atoms with Gasteiger partial charge < -0.3 is 9.47 Å². The van der Waals surface area contributed by atoms with Crippen molar-refractivity contribution in [1.82, 2.24) is 0 Å². The summed E-state index contributed by atoms with van der Waals surface area (Å²) in [5.74, 6) is -0.455. The molecule has 1 aliphatic rings. The van der Waals surface area contributed by atoms with Gasteiger partial charge in [-0.25, -0.2) is 13.2 Å². The van der Waals surface area contributed by atoms with Crippen LogP contribution in [0, 0.1) is 0 Å². The van der Waals surface area contributed by atoms with Crippen molar-refractivity contribution >= 4 is 27.5 Å². The highest BCUT2D eigenvalue weighted by Crippen LogP contribution is 2.30. The predicted octanol–water partition coefficient (Wildman–Crippen LogP) is 2.06. The van der Waals surface area contributed by atoms with Crippen LogP contribution >= 0.6 is 0 Å². The Morgan fingerprint density at radius 3 is 2.59 bits per heavy atom. The van der Waals surface area contributed by atoms with Gasteiger partial charge in [0.25, 0.3) is 0 Å². The lowest BCUT2D eigenvalue weighted by Gasteiger charge is -2.16. The molecule has 0 N–H and O–H groups in total. The highest BCUT2D eigenvalue weighted by atomic mass is 32.2. The summed E-state index contributed by atoms with van der Waals surface area (Å²) in [6, 6.07) is 11.3. The standard InChI is InChI=1S/C19H19NO6S/c1-25-16-5-3-4-15(11-16)19(22)26-12-18(21)14-6-7-17-13(10-14)8-9-20(17)27(2,23)24/h3-7,10-11H,8-9,12H2,1-2H3. The van der Waals surface area contributed by atoms with Crippen LogP contribution in [-0.4, -0.2) is 46.7 Å². The Hall–Kier alpha value is -2.87. The number of hydrogen-bond donors (Lipinski definition) is 0. The lowest BCUT2D eigenvalue weighted by atomic mass is 10.1. The molecule has 2 aromatic rings. The van der Waals surface area contributed by atoms with Gasteiger partial charge >= 0.3 is 5.97 Å². The Bertz CT molecular complexity index is 999. The van der Waals surface area contributed by atoms with E-state index in [0.29, 0.717) is 35.5 Å². The minimum Gasteiger partial charge on any atom is -0.497 e. The number of esters is 1. The van der Waals surface area contributed by atoms with Crippen molar-refractivity contribution in [2.45, 2.75) is 6.42 Å². The Kier molecular flexibility index (Phi) is 5.18. The third kappa shape index (κ3) is 4.11. The SMILES string of the molecule is COc1cccc(C(=O)OCC(=O)c2ccc3c(c2)CCN3S(C)(=O)=O)c1. The summed E-state index contributed by atoms with van der Waals surface area (Å²) in [7, 11) is -1.85. The summed E-state index contributed by atoms with van der Waals surface area (Å²) in [5, 5.41) is 0. The number of fused-ring (bicyclic) bond motifs is 1. The number of Topliss-reactive ketones (excluding diaryl/α,β-unsaturated/α-hetero) is 1. The summed E-state index contributed by atoms with van der Waals surface area (Å²) >= 11 is 0. The van der Waals surface area contributed by atoms with E-state index in [1.165, 1.54) is 17.5 Å². The van der Waals surface area contributed by atoms with Crippen LogP contribution in [0.5, 0.6) is 5.75 Å². The fourth-order valence-corrected chi connectivity index (χ4v) is 3.90. The average molecular weight is 389 g/mol. The average Bonchev–Trinajstić information content (AvgIpc) is 3.09. The summed E-state index contributed by atoms with van der Waals surface area (Å²) in [4.78, 5) is 24.4. The number of carbonyl (C=O) groups is 2. The number of carbonyl (C=O) groups excluding carboxylic acids is 2. The number of nitrogens with zero attached hydrogens (tertiary/aromatic N) is 1. The Labute approximate surface area is 157 Å². The molecule has 1 aliphatic heterocycles. The van der Waals surface area contributed by atoms with E-state index in [1.807, 2.05) is 0 Å². The molecule has 0 saturated heterocycles. The fourth-order valence-electron chi connectivity index (χ4n) is 2.94. The quantitative estimate of drug-likeness (QED) is 0.555. The van der Waals surface area contributed by atoms with Gasteiger partial charge in [0.05, 0.1) is 24.6 Å². The number of methoxy groups -OCH3 is 1. The van der Waals surface area contributed by atoms with E-state index in [-0.39, 0.29) is 5.78 Å². The van der Waals surface area contributed by atoms with Crippen LogP contribution in [0.2, 0.25) is 0 Å². The van der Waals surface area contributed by atoms with E-state index in [1.54, 1.807) is 36.4 Å². The minimum absolute atomic E-state index is 0.292. The van der Waals surface area contributed by atoms with Gasteiger partial charge in [0.15, 0.2) is 12.4 Å². The number of rotatable bonds is 6. The van der Waals surface area contributed by atoms with E-state index >= 15 is 0 Å². The van der Waals surface area contributed by atoms with Gasteiger partial charge in [-0.1, -0.05) is 6.07 Å². The first-order valence-electron chi connectivity index (χ1n) is 8.24. The lowest BCUT2D eigenvalue weighted by molar-refractivity contribution is 0.0474. The number of ketones is 1. The van der Waals surface area contributed by atoms with Crippen molar-refractivity contribution in [1.29, 1.82) is 0 Å². The van der Waals surface area contributed by atoms with Gasteiger partial charge in [-0.3, -0.25) is 9.10 Å². The van der Waals surface area contributed by atoms with Gasteiger partial charge in [-0.05, 0) is 48.4 Å². The number of ether oxygens (including phenoxy) is 2. The minimum atomic E-state index is -3.34. The van der Waals surface area contributed by atoms with Crippen molar-refractivity contribution in [3.8, 4) is 5.75 Å². The van der Waals surface area contributed by atoms with E-state index in [0.717, 1.165) is 11.8 Å². The van der Waals surface area contributed by atoms with Crippen LogP contribution in [0.25, 0.3) is 0 Å². The molecule has 27 heavy (non-hydrogen) atoms. The molecule has 3 rings (SSSR count). The second kappa shape index (κ2) is 7.40. The summed E-state index contributed by atoms with van der Waals surface area (Å²) in [6.45, 7) is -0.0404.